The molecule has 1 heterocycles. The minimum absolute atomic E-state index is 0.0934. The van der Waals surface area contributed by atoms with E-state index in [9.17, 15) is 4.79 Å². The van der Waals surface area contributed by atoms with E-state index in [0.717, 1.165) is 28.6 Å². The van der Waals surface area contributed by atoms with Crippen LogP contribution in [-0.2, 0) is 4.79 Å². The van der Waals surface area contributed by atoms with Gasteiger partial charge >= 0.3 is 0 Å². The van der Waals surface area contributed by atoms with Gasteiger partial charge in [-0.2, -0.15) is 0 Å². The number of hydrogen-bond acceptors (Lipinski definition) is 2. The fourth-order valence-electron chi connectivity index (χ4n) is 2.37. The minimum atomic E-state index is -0.0934. The van der Waals surface area contributed by atoms with Gasteiger partial charge in [-0.3, -0.25) is 4.79 Å². The Morgan fingerprint density at radius 1 is 1.47 bits per heavy atom. The number of nitrogens with one attached hydrogen (secondary N) is 1. The predicted molar refractivity (Wildman–Crippen MR) is 87.8 cm³/mol. The third-order valence-corrected chi connectivity index (χ3v) is 4.15. The molecule has 0 saturated carbocycles. The average molecular weight is 393 g/mol. The molecule has 0 radical (unpaired) electrons. The number of halogens is 2. The zero-order valence-electron chi connectivity index (χ0n) is 11.1. The second kappa shape index (κ2) is 6.41. The minimum Gasteiger partial charge on any atom is -0.310 e. The van der Waals surface area contributed by atoms with E-state index < -0.39 is 0 Å². The van der Waals surface area contributed by atoms with E-state index >= 15 is 0 Å². The molecule has 3 nitrogen and oxygen atoms in total. The van der Waals surface area contributed by atoms with Crippen LogP contribution in [0.5, 0.6) is 0 Å². The molecule has 1 aromatic carbocycles. The van der Waals surface area contributed by atoms with E-state index in [0.29, 0.717) is 11.1 Å². The van der Waals surface area contributed by atoms with Crippen molar-refractivity contribution in [1.82, 2.24) is 5.32 Å². The summed E-state index contributed by atoms with van der Waals surface area (Å²) in [6.45, 7) is 4.86. The van der Waals surface area contributed by atoms with Crippen molar-refractivity contribution in [2.45, 2.75) is 38.8 Å². The third kappa shape index (κ3) is 3.61. The molecule has 0 spiro atoms. The molecule has 1 amide bonds. The molecule has 0 aliphatic carbocycles. The molecule has 1 unspecified atom stereocenters. The molecule has 1 aliphatic rings. The van der Waals surface area contributed by atoms with Crippen LogP contribution in [0.15, 0.2) is 18.2 Å². The van der Waals surface area contributed by atoms with Crippen LogP contribution in [0.3, 0.4) is 0 Å². The summed E-state index contributed by atoms with van der Waals surface area (Å²) >= 11 is 8.48. The molecule has 0 aromatic heterocycles. The van der Waals surface area contributed by atoms with Crippen molar-refractivity contribution in [2.24, 2.45) is 0 Å². The smallest absolute Gasteiger partial charge is 0.244 e. The Labute approximate surface area is 132 Å². The maximum atomic E-state index is 12.5. The van der Waals surface area contributed by atoms with Crippen LogP contribution in [0.2, 0.25) is 5.02 Å². The number of amides is 1. The van der Waals surface area contributed by atoms with E-state index in [1.165, 1.54) is 0 Å². The lowest BCUT2D eigenvalue weighted by molar-refractivity contribution is -0.121. The second-order valence-corrected chi connectivity index (χ2v) is 6.75. The molecule has 1 aliphatic heterocycles. The van der Waals surface area contributed by atoms with Crippen molar-refractivity contribution in [1.29, 1.82) is 0 Å². The van der Waals surface area contributed by atoms with Crippen LogP contribution in [0.1, 0.15) is 26.7 Å². The number of benzene rings is 1. The van der Waals surface area contributed by atoms with E-state index in [1.807, 2.05) is 23.1 Å². The van der Waals surface area contributed by atoms with Gasteiger partial charge in [0, 0.05) is 16.2 Å². The van der Waals surface area contributed by atoms with E-state index in [4.69, 9.17) is 11.6 Å². The highest BCUT2D eigenvalue weighted by Crippen LogP contribution is 2.30. The van der Waals surface area contributed by atoms with Gasteiger partial charge < -0.3 is 10.2 Å². The first-order valence-corrected chi connectivity index (χ1v) is 7.97. The van der Waals surface area contributed by atoms with Gasteiger partial charge in [0.2, 0.25) is 5.91 Å². The molecule has 5 heteroatoms. The quantitative estimate of drug-likeness (QED) is 0.799. The molecule has 1 N–H and O–H groups in total. The SMILES string of the molecule is CC(C)NC1CCCN(c2ccc(I)cc2Cl)C1=O. The predicted octanol–water partition coefficient (Wildman–Crippen LogP) is 3.44. The Morgan fingerprint density at radius 2 is 2.21 bits per heavy atom. The third-order valence-electron chi connectivity index (χ3n) is 3.17. The summed E-state index contributed by atoms with van der Waals surface area (Å²) in [4.78, 5) is 14.3. The summed E-state index contributed by atoms with van der Waals surface area (Å²) in [5.74, 6) is 0.128. The monoisotopic (exact) mass is 392 g/mol. The molecular weight excluding hydrogens is 375 g/mol. The molecule has 2 rings (SSSR count). The van der Waals surface area contributed by atoms with Gasteiger partial charge in [0.15, 0.2) is 0 Å². The molecule has 19 heavy (non-hydrogen) atoms. The average Bonchev–Trinajstić information content (AvgIpc) is 2.32. The van der Waals surface area contributed by atoms with Crippen molar-refractivity contribution < 1.29 is 4.79 Å². The summed E-state index contributed by atoms with van der Waals surface area (Å²) in [6, 6.07) is 6.02. The highest BCUT2D eigenvalue weighted by Gasteiger charge is 2.30. The zero-order chi connectivity index (χ0) is 14.0. The Hall–Kier alpha value is -0.330. The number of nitrogens with zero attached hydrogens (tertiary/aromatic N) is 1. The Morgan fingerprint density at radius 3 is 2.84 bits per heavy atom. The van der Waals surface area contributed by atoms with Crippen molar-refractivity contribution in [3.05, 3.63) is 26.8 Å². The van der Waals surface area contributed by atoms with Crippen molar-refractivity contribution in [3.8, 4) is 0 Å². The van der Waals surface area contributed by atoms with Gasteiger partial charge in [0.25, 0.3) is 0 Å². The number of anilines is 1. The number of hydrogen-bond donors (Lipinski definition) is 1. The summed E-state index contributed by atoms with van der Waals surface area (Å²) < 4.78 is 1.08. The first-order valence-electron chi connectivity index (χ1n) is 6.51. The molecule has 1 atom stereocenters. The summed E-state index contributed by atoms with van der Waals surface area (Å²) in [6.07, 6.45) is 1.90. The van der Waals surface area contributed by atoms with Crippen LogP contribution < -0.4 is 10.2 Å². The lowest BCUT2D eigenvalue weighted by Crippen LogP contribution is -2.52. The largest absolute Gasteiger partial charge is 0.310 e. The van der Waals surface area contributed by atoms with Crippen molar-refractivity contribution in [3.63, 3.8) is 0 Å². The van der Waals surface area contributed by atoms with Gasteiger partial charge in [0.05, 0.1) is 16.8 Å². The fraction of sp³-hybridized carbons (Fsp3) is 0.500. The topological polar surface area (TPSA) is 32.3 Å². The number of rotatable bonds is 3. The second-order valence-electron chi connectivity index (χ2n) is 5.10. The Kier molecular flexibility index (Phi) is 5.09. The van der Waals surface area contributed by atoms with Gasteiger partial charge in [-0.05, 0) is 53.6 Å². The number of carbonyl (C=O) groups is 1. The summed E-state index contributed by atoms with van der Waals surface area (Å²) in [5.41, 5.74) is 0.822. The Bertz CT molecular complexity index is 479. The molecular formula is C14H18ClIN2O. The number of piperidine rings is 1. The standard InChI is InChI=1S/C14H18ClIN2O/c1-9(2)17-12-4-3-7-18(14(12)19)13-6-5-10(16)8-11(13)15/h5-6,8-9,12,17H,3-4,7H2,1-2H3. The maximum Gasteiger partial charge on any atom is 0.244 e. The fourth-order valence-corrected chi connectivity index (χ4v) is 3.33. The maximum absolute atomic E-state index is 12.5. The van der Waals surface area contributed by atoms with E-state index in [2.05, 4.69) is 41.8 Å². The molecule has 1 saturated heterocycles. The van der Waals surface area contributed by atoms with Crippen LogP contribution in [0.25, 0.3) is 0 Å². The van der Waals surface area contributed by atoms with Gasteiger partial charge in [-0.15, -0.1) is 0 Å². The van der Waals surface area contributed by atoms with Crippen molar-refractivity contribution in [2.75, 3.05) is 11.4 Å². The van der Waals surface area contributed by atoms with Crippen LogP contribution in [0, 0.1) is 3.57 Å². The molecule has 0 bridgehead atoms. The van der Waals surface area contributed by atoms with Crippen LogP contribution in [0.4, 0.5) is 5.69 Å². The van der Waals surface area contributed by atoms with Gasteiger partial charge in [-0.1, -0.05) is 25.4 Å². The van der Waals surface area contributed by atoms with Gasteiger partial charge in [-0.25, -0.2) is 0 Å². The molecule has 104 valence electrons. The Balaban J connectivity index is 2.21. The normalized spacial score (nSPS) is 20.2. The van der Waals surface area contributed by atoms with Crippen LogP contribution >= 0.6 is 34.2 Å². The zero-order valence-corrected chi connectivity index (χ0v) is 14.0. The first kappa shape index (κ1) is 15.1. The molecule has 1 fully saturated rings. The van der Waals surface area contributed by atoms with E-state index in [-0.39, 0.29) is 11.9 Å². The lowest BCUT2D eigenvalue weighted by atomic mass is 10.0. The number of carbonyl (C=O) groups excluding carboxylic acids is 1. The highest BCUT2D eigenvalue weighted by atomic mass is 127. The van der Waals surface area contributed by atoms with Gasteiger partial charge in [0.1, 0.15) is 0 Å². The van der Waals surface area contributed by atoms with E-state index in [1.54, 1.807) is 0 Å². The summed E-state index contributed by atoms with van der Waals surface area (Å²) in [5, 5.41) is 3.97. The van der Waals surface area contributed by atoms with Crippen molar-refractivity contribution >= 4 is 45.8 Å². The molecule has 1 aromatic rings. The summed E-state index contributed by atoms with van der Waals surface area (Å²) in [7, 11) is 0. The highest BCUT2D eigenvalue weighted by molar-refractivity contribution is 14.1. The van der Waals surface area contributed by atoms with Crippen LogP contribution in [-0.4, -0.2) is 24.5 Å². The first-order chi connectivity index (χ1) is 8.99. The lowest BCUT2D eigenvalue weighted by Gasteiger charge is -2.34.